The molecule has 1 aliphatic carbocycles. The molecule has 34 heavy (non-hydrogen) atoms. The van der Waals surface area contributed by atoms with Gasteiger partial charge in [0, 0.05) is 17.9 Å². The molecule has 2 N–H and O–H groups in total. The molecule has 0 aromatic heterocycles. The Bertz CT molecular complexity index is 1200. The number of carboxylic acids is 1. The molecular formula is C29H27NO4. The van der Waals surface area contributed by atoms with Crippen molar-refractivity contribution >= 4 is 12.1 Å². The molecule has 0 spiro atoms. The second kappa shape index (κ2) is 10.3. The lowest BCUT2D eigenvalue weighted by Gasteiger charge is -2.26. The maximum atomic E-state index is 12.6. The first kappa shape index (κ1) is 23.1. The highest BCUT2D eigenvalue weighted by atomic mass is 16.5. The van der Waals surface area contributed by atoms with Crippen molar-refractivity contribution in [2.75, 3.05) is 6.61 Å². The first-order valence-corrected chi connectivity index (χ1v) is 11.4. The Morgan fingerprint density at radius 3 is 2.15 bits per heavy atom. The third kappa shape index (κ3) is 5.13. The molecular weight excluding hydrogens is 426 g/mol. The van der Waals surface area contributed by atoms with Gasteiger partial charge in [-0.2, -0.15) is 0 Å². The average Bonchev–Trinajstić information content (AvgIpc) is 3.17. The van der Waals surface area contributed by atoms with Crippen molar-refractivity contribution in [2.24, 2.45) is 0 Å². The number of amides is 1. The molecule has 0 saturated heterocycles. The minimum Gasteiger partial charge on any atom is -0.480 e. The summed E-state index contributed by atoms with van der Waals surface area (Å²) in [5.74, 6) is 4.94. The normalized spacial score (nSPS) is 13.6. The molecule has 0 saturated carbocycles. The highest BCUT2D eigenvalue weighted by Gasteiger charge is 2.35. The molecule has 5 nitrogen and oxygen atoms in total. The summed E-state index contributed by atoms with van der Waals surface area (Å²) in [6.07, 6.45) is 0.578. The molecule has 3 aromatic carbocycles. The van der Waals surface area contributed by atoms with Crippen molar-refractivity contribution in [2.45, 2.75) is 37.6 Å². The van der Waals surface area contributed by atoms with E-state index >= 15 is 0 Å². The van der Waals surface area contributed by atoms with Gasteiger partial charge in [0.25, 0.3) is 0 Å². The smallest absolute Gasteiger partial charge is 0.408 e. The molecule has 172 valence electrons. The Labute approximate surface area is 199 Å². The Morgan fingerprint density at radius 2 is 1.53 bits per heavy atom. The molecule has 1 unspecified atom stereocenters. The monoisotopic (exact) mass is 453 g/mol. The first-order valence-electron chi connectivity index (χ1n) is 11.4. The number of hydrogen-bond donors (Lipinski definition) is 2. The van der Waals surface area contributed by atoms with Crippen LogP contribution in [0.4, 0.5) is 4.79 Å². The molecule has 0 bridgehead atoms. The highest BCUT2D eigenvalue weighted by molar-refractivity contribution is 5.84. The lowest BCUT2D eigenvalue weighted by atomic mass is 9.95. The molecule has 0 aliphatic heterocycles. The number of carbonyl (C=O) groups is 2. The van der Waals surface area contributed by atoms with Gasteiger partial charge in [0.1, 0.15) is 12.1 Å². The van der Waals surface area contributed by atoms with E-state index in [9.17, 15) is 14.7 Å². The van der Waals surface area contributed by atoms with Gasteiger partial charge in [-0.1, -0.05) is 78.6 Å². The van der Waals surface area contributed by atoms with Crippen LogP contribution in [-0.4, -0.2) is 29.3 Å². The number of fused-ring (bicyclic) bond motifs is 3. The SMILES string of the molecule is CC(CCCC#Cc1ccccc1)(NC(=O)OCC1c2ccccc2-c2ccccc21)C(=O)O. The van der Waals surface area contributed by atoms with E-state index in [1.54, 1.807) is 0 Å². The molecule has 3 aromatic rings. The summed E-state index contributed by atoms with van der Waals surface area (Å²) in [4.78, 5) is 24.5. The van der Waals surface area contributed by atoms with Gasteiger partial charge in [0.2, 0.25) is 0 Å². The number of hydrogen-bond acceptors (Lipinski definition) is 3. The van der Waals surface area contributed by atoms with E-state index in [1.807, 2.05) is 66.7 Å². The van der Waals surface area contributed by atoms with Crippen LogP contribution in [0.1, 0.15) is 48.8 Å². The van der Waals surface area contributed by atoms with Gasteiger partial charge >= 0.3 is 12.1 Å². The minimum absolute atomic E-state index is 0.0810. The maximum Gasteiger partial charge on any atom is 0.408 e. The van der Waals surface area contributed by atoms with Gasteiger partial charge in [0.15, 0.2) is 0 Å². The summed E-state index contributed by atoms with van der Waals surface area (Å²) in [5.41, 5.74) is 3.97. The fourth-order valence-corrected chi connectivity index (χ4v) is 4.30. The van der Waals surface area contributed by atoms with E-state index in [0.29, 0.717) is 12.8 Å². The van der Waals surface area contributed by atoms with E-state index in [2.05, 4.69) is 29.3 Å². The summed E-state index contributed by atoms with van der Waals surface area (Å²) in [6.45, 7) is 1.64. The largest absolute Gasteiger partial charge is 0.480 e. The molecule has 0 heterocycles. The number of alkyl carbamates (subject to hydrolysis) is 1. The van der Waals surface area contributed by atoms with Gasteiger partial charge in [-0.25, -0.2) is 9.59 Å². The standard InChI is InChI=1S/C29H27NO4/c1-29(27(31)32,19-11-3-6-14-21-12-4-2-5-13-21)30-28(33)34-20-26-24-17-9-7-15-22(24)23-16-8-10-18-25(23)26/h2,4-5,7-10,12-13,15-18,26H,3,11,19-20H2,1H3,(H,30,33)(H,31,32). The van der Waals surface area contributed by atoms with Gasteiger partial charge in [-0.15, -0.1) is 0 Å². The van der Waals surface area contributed by atoms with Gasteiger partial charge in [-0.3, -0.25) is 0 Å². The summed E-state index contributed by atoms with van der Waals surface area (Å²) < 4.78 is 5.53. The predicted octanol–water partition coefficient (Wildman–Crippen LogP) is 5.59. The highest BCUT2D eigenvalue weighted by Crippen LogP contribution is 2.44. The van der Waals surface area contributed by atoms with Crippen molar-refractivity contribution in [3.8, 4) is 23.0 Å². The summed E-state index contributed by atoms with van der Waals surface area (Å²) in [6, 6.07) is 25.8. The van der Waals surface area contributed by atoms with Gasteiger partial charge < -0.3 is 15.2 Å². The van der Waals surface area contributed by atoms with Crippen LogP contribution in [0.2, 0.25) is 0 Å². The quantitative estimate of drug-likeness (QED) is 0.361. The van der Waals surface area contributed by atoms with Crippen molar-refractivity contribution in [3.05, 3.63) is 95.6 Å². The summed E-state index contributed by atoms with van der Waals surface area (Å²) >= 11 is 0. The van der Waals surface area contributed by atoms with Crippen molar-refractivity contribution in [3.63, 3.8) is 0 Å². The zero-order valence-electron chi connectivity index (χ0n) is 19.1. The molecule has 4 rings (SSSR count). The molecule has 0 fully saturated rings. The van der Waals surface area contributed by atoms with E-state index < -0.39 is 17.6 Å². The zero-order valence-corrected chi connectivity index (χ0v) is 19.1. The van der Waals surface area contributed by atoms with E-state index in [4.69, 9.17) is 4.74 Å². The number of rotatable bonds is 7. The van der Waals surface area contributed by atoms with E-state index in [1.165, 1.54) is 6.92 Å². The fourth-order valence-electron chi connectivity index (χ4n) is 4.30. The van der Waals surface area contributed by atoms with Crippen molar-refractivity contribution < 1.29 is 19.4 Å². The fraction of sp³-hybridized carbons (Fsp3) is 0.241. The van der Waals surface area contributed by atoms with E-state index in [0.717, 1.165) is 27.8 Å². The number of carbonyl (C=O) groups excluding carboxylic acids is 1. The zero-order chi connectivity index (χ0) is 24.0. The number of unbranched alkanes of at least 4 members (excludes halogenated alkanes) is 1. The topological polar surface area (TPSA) is 75.6 Å². The second-order valence-electron chi connectivity index (χ2n) is 8.61. The number of carboxylic acid groups (broad SMARTS) is 1. The Hall–Kier alpha value is -4.04. The molecule has 5 heteroatoms. The molecule has 1 atom stereocenters. The number of ether oxygens (including phenoxy) is 1. The lowest BCUT2D eigenvalue weighted by Crippen LogP contribution is -2.52. The number of nitrogens with one attached hydrogen (secondary N) is 1. The maximum absolute atomic E-state index is 12.6. The molecule has 1 amide bonds. The Morgan fingerprint density at radius 1 is 0.941 bits per heavy atom. The van der Waals surface area contributed by atoms with E-state index in [-0.39, 0.29) is 18.9 Å². The van der Waals surface area contributed by atoms with Crippen LogP contribution < -0.4 is 5.32 Å². The third-order valence-corrected chi connectivity index (χ3v) is 6.18. The minimum atomic E-state index is -1.43. The molecule has 1 aliphatic rings. The van der Waals surface area contributed by atoms with Crippen LogP contribution in [-0.2, 0) is 9.53 Å². The van der Waals surface area contributed by atoms with Crippen LogP contribution in [0.15, 0.2) is 78.9 Å². The second-order valence-corrected chi connectivity index (χ2v) is 8.61. The van der Waals surface area contributed by atoms with Crippen LogP contribution >= 0.6 is 0 Å². The third-order valence-electron chi connectivity index (χ3n) is 6.18. The van der Waals surface area contributed by atoms with Crippen molar-refractivity contribution in [1.29, 1.82) is 0 Å². The van der Waals surface area contributed by atoms with Gasteiger partial charge in [0.05, 0.1) is 0 Å². The predicted molar refractivity (Wildman–Crippen MR) is 131 cm³/mol. The Kier molecular flexibility index (Phi) is 6.98. The first-order chi connectivity index (χ1) is 16.5. The van der Waals surface area contributed by atoms with Crippen LogP contribution in [0.3, 0.4) is 0 Å². The molecule has 0 radical (unpaired) electrons. The average molecular weight is 454 g/mol. The van der Waals surface area contributed by atoms with Crippen molar-refractivity contribution in [1.82, 2.24) is 5.32 Å². The lowest BCUT2D eigenvalue weighted by molar-refractivity contribution is -0.144. The summed E-state index contributed by atoms with van der Waals surface area (Å²) in [7, 11) is 0. The Balaban J connectivity index is 1.34. The number of benzene rings is 3. The summed E-state index contributed by atoms with van der Waals surface area (Å²) in [5, 5.41) is 12.3. The van der Waals surface area contributed by atoms with Crippen LogP contribution in [0.25, 0.3) is 11.1 Å². The van der Waals surface area contributed by atoms with Crippen LogP contribution in [0, 0.1) is 11.8 Å². The van der Waals surface area contributed by atoms with Crippen LogP contribution in [0.5, 0.6) is 0 Å². The van der Waals surface area contributed by atoms with Gasteiger partial charge in [-0.05, 0) is 54.2 Å². The number of aliphatic carboxylic acids is 1.